The summed E-state index contributed by atoms with van der Waals surface area (Å²) in [6.07, 6.45) is 45.5. The van der Waals surface area contributed by atoms with Crippen molar-refractivity contribution in [3.8, 4) is 0 Å². The number of hydrogen-bond donors (Lipinski definition) is 0. The van der Waals surface area contributed by atoms with E-state index in [4.69, 9.17) is 14.2 Å². The molecule has 0 rings (SSSR count). The van der Waals surface area contributed by atoms with Crippen LogP contribution in [0.3, 0.4) is 0 Å². The molecule has 54 heavy (non-hydrogen) atoms. The van der Waals surface area contributed by atoms with Crippen molar-refractivity contribution in [3.05, 3.63) is 0 Å². The number of rotatable bonds is 44. The molecule has 0 saturated carbocycles. The van der Waals surface area contributed by atoms with Gasteiger partial charge in [0.2, 0.25) is 0 Å². The maximum Gasteiger partial charge on any atom is 0.306 e. The van der Waals surface area contributed by atoms with Gasteiger partial charge in [0, 0.05) is 19.3 Å². The van der Waals surface area contributed by atoms with E-state index >= 15 is 0 Å². The van der Waals surface area contributed by atoms with Crippen LogP contribution in [-0.4, -0.2) is 37.2 Å². The Kier molecular flexibility index (Phi) is 42.8. The van der Waals surface area contributed by atoms with E-state index < -0.39 is 6.10 Å². The van der Waals surface area contributed by atoms with Crippen LogP contribution in [0.25, 0.3) is 0 Å². The zero-order valence-electron chi connectivity index (χ0n) is 36.5. The minimum absolute atomic E-state index is 0.0636. The lowest BCUT2D eigenvalue weighted by atomic mass is 10.0. The molecule has 0 aliphatic carbocycles. The monoisotopic (exact) mass is 765 g/mol. The predicted molar refractivity (Wildman–Crippen MR) is 229 cm³/mol. The molecular weight excluding hydrogens is 673 g/mol. The summed E-state index contributed by atoms with van der Waals surface area (Å²) in [5, 5.41) is 0. The highest BCUT2D eigenvalue weighted by Gasteiger charge is 2.19. The Morgan fingerprint density at radius 1 is 0.296 bits per heavy atom. The Morgan fingerprint density at radius 2 is 0.500 bits per heavy atom. The molecule has 0 radical (unpaired) electrons. The molecule has 0 aliphatic heterocycles. The maximum absolute atomic E-state index is 12.6. The normalized spacial score (nSPS) is 11.8. The van der Waals surface area contributed by atoms with Gasteiger partial charge in [0.25, 0.3) is 0 Å². The van der Waals surface area contributed by atoms with Crippen LogP contribution in [0.1, 0.15) is 271 Å². The number of esters is 3. The average molecular weight is 765 g/mol. The maximum atomic E-state index is 12.6. The molecule has 1 atom stereocenters. The standard InChI is InChI=1S/C48H92O6/c1-4-7-10-13-16-18-19-20-21-22-23-24-25-26-27-28-29-31-32-35-38-41-47(50)53-44-45(43-52-46(49)40-37-34-15-12-9-6-3)54-48(51)42-39-36-33-30-17-14-11-8-5-2/h45H,4-44H2,1-3H3. The van der Waals surface area contributed by atoms with Gasteiger partial charge in [-0.15, -0.1) is 0 Å². The van der Waals surface area contributed by atoms with Crippen LogP contribution >= 0.6 is 0 Å². The Bertz CT molecular complexity index is 798. The fourth-order valence-corrected chi connectivity index (χ4v) is 7.21. The van der Waals surface area contributed by atoms with Crippen LogP contribution in [-0.2, 0) is 28.6 Å². The third-order valence-corrected chi connectivity index (χ3v) is 10.9. The molecule has 0 amide bonds. The van der Waals surface area contributed by atoms with Gasteiger partial charge in [-0.2, -0.15) is 0 Å². The third kappa shape index (κ3) is 41.6. The van der Waals surface area contributed by atoms with E-state index in [1.54, 1.807) is 0 Å². The molecule has 0 fully saturated rings. The smallest absolute Gasteiger partial charge is 0.306 e. The molecular formula is C48H92O6. The molecule has 0 bridgehead atoms. The molecule has 0 aromatic heterocycles. The number of carbonyl (C=O) groups excluding carboxylic acids is 3. The molecule has 320 valence electrons. The first-order valence-electron chi connectivity index (χ1n) is 24.0. The average Bonchev–Trinajstić information content (AvgIpc) is 3.17. The lowest BCUT2D eigenvalue weighted by Crippen LogP contribution is -2.30. The molecule has 1 unspecified atom stereocenters. The SMILES string of the molecule is CCCCCCCCCCCCCCCCCCCCCCCC(=O)OCC(COC(=O)CCCCCCCC)OC(=O)CCCCCCCCCCC. The lowest BCUT2D eigenvalue weighted by Gasteiger charge is -2.18. The second-order valence-corrected chi connectivity index (χ2v) is 16.4. The molecule has 0 N–H and O–H groups in total. The Hall–Kier alpha value is -1.59. The number of hydrogen-bond acceptors (Lipinski definition) is 6. The number of ether oxygens (including phenoxy) is 3. The number of carbonyl (C=O) groups is 3. The van der Waals surface area contributed by atoms with Gasteiger partial charge in [0.05, 0.1) is 0 Å². The lowest BCUT2D eigenvalue weighted by molar-refractivity contribution is -0.167. The van der Waals surface area contributed by atoms with Gasteiger partial charge in [-0.1, -0.05) is 233 Å². The van der Waals surface area contributed by atoms with E-state index in [0.717, 1.165) is 57.8 Å². The van der Waals surface area contributed by atoms with Crippen LogP contribution in [0.15, 0.2) is 0 Å². The van der Waals surface area contributed by atoms with Gasteiger partial charge in [0.1, 0.15) is 13.2 Å². The molecule has 0 saturated heterocycles. The van der Waals surface area contributed by atoms with Crippen LogP contribution in [0, 0.1) is 0 Å². The topological polar surface area (TPSA) is 78.9 Å². The van der Waals surface area contributed by atoms with Crippen molar-refractivity contribution in [2.45, 2.75) is 277 Å². The molecule has 0 aromatic carbocycles. The van der Waals surface area contributed by atoms with E-state index in [-0.39, 0.29) is 31.1 Å². The summed E-state index contributed by atoms with van der Waals surface area (Å²) in [5.41, 5.74) is 0. The van der Waals surface area contributed by atoms with Crippen LogP contribution in [0.4, 0.5) is 0 Å². The summed E-state index contributed by atoms with van der Waals surface area (Å²) in [4.78, 5) is 37.5. The van der Waals surface area contributed by atoms with Gasteiger partial charge in [0.15, 0.2) is 6.10 Å². The highest BCUT2D eigenvalue weighted by Crippen LogP contribution is 2.16. The highest BCUT2D eigenvalue weighted by atomic mass is 16.6. The van der Waals surface area contributed by atoms with Gasteiger partial charge >= 0.3 is 17.9 Å². The van der Waals surface area contributed by atoms with Gasteiger partial charge in [-0.05, 0) is 19.3 Å². The molecule has 6 heteroatoms. The zero-order chi connectivity index (χ0) is 39.4. The molecule has 0 aliphatic rings. The van der Waals surface area contributed by atoms with E-state index in [1.807, 2.05) is 0 Å². The first-order valence-corrected chi connectivity index (χ1v) is 24.0. The van der Waals surface area contributed by atoms with Crippen LogP contribution in [0.2, 0.25) is 0 Å². The summed E-state index contributed by atoms with van der Waals surface area (Å²) >= 11 is 0. The summed E-state index contributed by atoms with van der Waals surface area (Å²) < 4.78 is 16.6. The summed E-state index contributed by atoms with van der Waals surface area (Å²) in [5.74, 6) is -0.863. The van der Waals surface area contributed by atoms with Crippen molar-refractivity contribution < 1.29 is 28.6 Å². The second-order valence-electron chi connectivity index (χ2n) is 16.4. The zero-order valence-corrected chi connectivity index (χ0v) is 36.5. The van der Waals surface area contributed by atoms with Gasteiger partial charge in [-0.25, -0.2) is 0 Å². The second kappa shape index (κ2) is 44.1. The largest absolute Gasteiger partial charge is 0.462 e. The van der Waals surface area contributed by atoms with Crippen molar-refractivity contribution >= 4 is 17.9 Å². The molecule has 0 heterocycles. The summed E-state index contributed by atoms with van der Waals surface area (Å²) in [7, 11) is 0. The van der Waals surface area contributed by atoms with Gasteiger partial charge in [-0.3, -0.25) is 14.4 Å². The Balaban J connectivity index is 4.04. The molecule has 0 spiro atoms. The molecule has 0 aromatic rings. The van der Waals surface area contributed by atoms with Gasteiger partial charge < -0.3 is 14.2 Å². The number of unbranched alkanes of at least 4 members (excludes halogenated alkanes) is 33. The first kappa shape index (κ1) is 52.4. The molecule has 6 nitrogen and oxygen atoms in total. The first-order chi connectivity index (χ1) is 26.5. The van der Waals surface area contributed by atoms with Crippen molar-refractivity contribution in [3.63, 3.8) is 0 Å². The minimum Gasteiger partial charge on any atom is -0.462 e. The van der Waals surface area contributed by atoms with Crippen LogP contribution < -0.4 is 0 Å². The van der Waals surface area contributed by atoms with Crippen molar-refractivity contribution in [1.82, 2.24) is 0 Å². The van der Waals surface area contributed by atoms with Crippen LogP contribution in [0.5, 0.6) is 0 Å². The minimum atomic E-state index is -0.756. The quantitative estimate of drug-likeness (QED) is 0.0349. The summed E-state index contributed by atoms with van der Waals surface area (Å²) in [6.45, 7) is 6.59. The third-order valence-electron chi connectivity index (χ3n) is 10.9. The van der Waals surface area contributed by atoms with Crippen molar-refractivity contribution in [2.75, 3.05) is 13.2 Å². The Morgan fingerprint density at radius 3 is 0.741 bits per heavy atom. The van der Waals surface area contributed by atoms with Crippen molar-refractivity contribution in [1.29, 1.82) is 0 Å². The fourth-order valence-electron chi connectivity index (χ4n) is 7.21. The summed E-state index contributed by atoms with van der Waals surface area (Å²) in [6, 6.07) is 0. The highest BCUT2D eigenvalue weighted by molar-refractivity contribution is 5.71. The Labute approximate surface area is 336 Å². The van der Waals surface area contributed by atoms with E-state index in [0.29, 0.717) is 19.3 Å². The van der Waals surface area contributed by atoms with E-state index in [2.05, 4.69) is 20.8 Å². The fraction of sp³-hybridized carbons (Fsp3) is 0.938. The van der Waals surface area contributed by atoms with E-state index in [1.165, 1.54) is 173 Å². The van der Waals surface area contributed by atoms with E-state index in [9.17, 15) is 14.4 Å². The predicted octanol–water partition coefficient (Wildman–Crippen LogP) is 15.3. The van der Waals surface area contributed by atoms with Crippen molar-refractivity contribution in [2.24, 2.45) is 0 Å².